The van der Waals surface area contributed by atoms with Crippen LogP contribution in [-0.4, -0.2) is 23.2 Å². The number of carbonyl (C=O) groups is 1. The number of aliphatic hydroxyl groups is 1. The van der Waals surface area contributed by atoms with Crippen LogP contribution < -0.4 is 0 Å². The van der Waals surface area contributed by atoms with Crippen molar-refractivity contribution in [1.82, 2.24) is 0 Å². The van der Waals surface area contributed by atoms with Crippen molar-refractivity contribution in [3.8, 4) is 0 Å². The van der Waals surface area contributed by atoms with E-state index in [-0.39, 0.29) is 18.1 Å². The molecule has 0 spiro atoms. The van der Waals surface area contributed by atoms with Crippen molar-refractivity contribution in [1.29, 1.82) is 0 Å². The molecule has 2 rings (SSSR count). The van der Waals surface area contributed by atoms with Crippen molar-refractivity contribution < 1.29 is 23.1 Å². The number of alkyl halides is 3. The normalized spacial score (nSPS) is 25.5. The van der Waals surface area contributed by atoms with E-state index in [0.29, 0.717) is 12.8 Å². The van der Waals surface area contributed by atoms with Crippen LogP contribution in [0.15, 0.2) is 30.3 Å². The number of hydrogen-bond acceptors (Lipinski definition) is 2. The number of benzene rings is 1. The van der Waals surface area contributed by atoms with Crippen LogP contribution in [0.3, 0.4) is 0 Å². The minimum Gasteiger partial charge on any atom is -0.384 e. The molecule has 1 saturated carbocycles. The maximum atomic E-state index is 12.4. The third-order valence-electron chi connectivity index (χ3n) is 3.92. The Hall–Kier alpha value is -1.36. The van der Waals surface area contributed by atoms with Crippen molar-refractivity contribution in [2.75, 3.05) is 0 Å². The van der Waals surface area contributed by atoms with Crippen LogP contribution in [0.2, 0.25) is 0 Å². The molecule has 1 aromatic carbocycles. The summed E-state index contributed by atoms with van der Waals surface area (Å²) in [6, 6.07) is 9.49. The maximum Gasteiger partial charge on any atom is 0.414 e. The first-order valence-corrected chi connectivity index (χ1v) is 6.70. The number of ketones is 1. The molecule has 3 unspecified atom stereocenters. The van der Waals surface area contributed by atoms with Gasteiger partial charge in [0.15, 0.2) is 6.10 Å². The molecule has 1 aliphatic carbocycles. The maximum absolute atomic E-state index is 12.4. The van der Waals surface area contributed by atoms with Gasteiger partial charge in [-0.25, -0.2) is 0 Å². The highest BCUT2D eigenvalue weighted by Gasteiger charge is 2.42. The molecule has 1 aliphatic rings. The molecule has 1 fully saturated rings. The fraction of sp³-hybridized carbons (Fsp3) is 0.533. The topological polar surface area (TPSA) is 37.3 Å². The number of hydrogen-bond donors (Lipinski definition) is 1. The van der Waals surface area contributed by atoms with Gasteiger partial charge in [0.05, 0.1) is 0 Å². The highest BCUT2D eigenvalue weighted by atomic mass is 19.4. The summed E-state index contributed by atoms with van der Waals surface area (Å²) in [4.78, 5) is 11.8. The van der Waals surface area contributed by atoms with E-state index < -0.39 is 24.6 Å². The van der Waals surface area contributed by atoms with Gasteiger partial charge in [-0.3, -0.25) is 4.79 Å². The lowest BCUT2D eigenvalue weighted by molar-refractivity contribution is -0.208. The third kappa shape index (κ3) is 3.60. The Labute approximate surface area is 115 Å². The fourth-order valence-corrected chi connectivity index (χ4v) is 2.77. The first-order chi connectivity index (χ1) is 9.38. The van der Waals surface area contributed by atoms with Gasteiger partial charge >= 0.3 is 6.18 Å². The molecule has 2 nitrogen and oxygen atoms in total. The average Bonchev–Trinajstić information content (AvgIpc) is 2.41. The van der Waals surface area contributed by atoms with Crippen molar-refractivity contribution >= 4 is 5.78 Å². The zero-order valence-corrected chi connectivity index (χ0v) is 10.9. The first-order valence-electron chi connectivity index (χ1n) is 6.70. The highest BCUT2D eigenvalue weighted by molar-refractivity contribution is 5.82. The molecule has 0 bridgehead atoms. The summed E-state index contributed by atoms with van der Waals surface area (Å²) < 4.78 is 37.2. The van der Waals surface area contributed by atoms with E-state index in [2.05, 4.69) is 0 Å². The van der Waals surface area contributed by atoms with Crippen molar-refractivity contribution in [3.63, 3.8) is 0 Å². The smallest absolute Gasteiger partial charge is 0.384 e. The van der Waals surface area contributed by atoms with E-state index in [0.717, 1.165) is 5.56 Å². The van der Waals surface area contributed by atoms with Crippen LogP contribution in [0, 0.1) is 5.92 Å². The minimum absolute atomic E-state index is 0.0966. The molecular formula is C15H17F3O2. The molecule has 3 atom stereocenters. The standard InChI is InChI=1S/C15H17F3O2/c16-15(17,18)14(20)9-12-8-11(6-7-13(12)19)10-4-2-1-3-5-10/h1-5,11-12,14,20H,6-9H2. The summed E-state index contributed by atoms with van der Waals surface area (Å²) in [5, 5.41) is 9.14. The van der Waals surface area contributed by atoms with Gasteiger partial charge in [-0.2, -0.15) is 13.2 Å². The lowest BCUT2D eigenvalue weighted by atomic mass is 9.75. The second-order valence-electron chi connectivity index (χ2n) is 5.34. The van der Waals surface area contributed by atoms with Gasteiger partial charge in [0.1, 0.15) is 5.78 Å². The Kier molecular flexibility index (Phi) is 4.48. The van der Waals surface area contributed by atoms with Crippen LogP contribution in [0.25, 0.3) is 0 Å². The number of aliphatic hydroxyl groups excluding tert-OH is 1. The Morgan fingerprint density at radius 1 is 1.25 bits per heavy atom. The lowest BCUT2D eigenvalue weighted by Crippen LogP contribution is -2.35. The van der Waals surface area contributed by atoms with Crippen LogP contribution in [-0.2, 0) is 4.79 Å². The van der Waals surface area contributed by atoms with Gasteiger partial charge < -0.3 is 5.11 Å². The van der Waals surface area contributed by atoms with E-state index in [1.807, 2.05) is 30.3 Å². The number of rotatable bonds is 3. The van der Waals surface area contributed by atoms with E-state index in [9.17, 15) is 18.0 Å². The summed E-state index contributed by atoms with van der Waals surface area (Å²) in [6.07, 6.45) is -6.25. The summed E-state index contributed by atoms with van der Waals surface area (Å²) in [6.45, 7) is 0. The zero-order chi connectivity index (χ0) is 14.8. The van der Waals surface area contributed by atoms with Gasteiger partial charge in [0.2, 0.25) is 0 Å². The highest BCUT2D eigenvalue weighted by Crippen LogP contribution is 2.37. The Morgan fingerprint density at radius 2 is 1.90 bits per heavy atom. The van der Waals surface area contributed by atoms with Gasteiger partial charge in [0.25, 0.3) is 0 Å². The lowest BCUT2D eigenvalue weighted by Gasteiger charge is -2.30. The fourth-order valence-electron chi connectivity index (χ4n) is 2.77. The first kappa shape index (κ1) is 15.0. The average molecular weight is 286 g/mol. The zero-order valence-electron chi connectivity index (χ0n) is 10.9. The molecule has 0 amide bonds. The van der Waals surface area contributed by atoms with Gasteiger partial charge in [0, 0.05) is 12.3 Å². The Bertz CT molecular complexity index is 456. The SMILES string of the molecule is O=C1CCC(c2ccccc2)CC1CC(O)C(F)(F)F. The molecule has 0 radical (unpaired) electrons. The van der Waals surface area contributed by atoms with Crippen LogP contribution >= 0.6 is 0 Å². The van der Waals surface area contributed by atoms with E-state index in [1.165, 1.54) is 0 Å². The number of Topliss-reactive ketones (excluding diaryl/α,β-unsaturated/α-hetero) is 1. The van der Waals surface area contributed by atoms with Gasteiger partial charge in [-0.1, -0.05) is 30.3 Å². The number of carbonyl (C=O) groups excluding carboxylic acids is 1. The van der Waals surface area contributed by atoms with E-state index in [1.54, 1.807) is 0 Å². The summed E-state index contributed by atoms with van der Waals surface area (Å²) >= 11 is 0. The molecule has 20 heavy (non-hydrogen) atoms. The van der Waals surface area contributed by atoms with Crippen molar-refractivity contribution in [2.45, 2.75) is 43.9 Å². The molecule has 1 N–H and O–H groups in total. The molecular weight excluding hydrogens is 269 g/mol. The van der Waals surface area contributed by atoms with Crippen molar-refractivity contribution in [3.05, 3.63) is 35.9 Å². The Morgan fingerprint density at radius 3 is 2.50 bits per heavy atom. The minimum atomic E-state index is -4.65. The summed E-state index contributed by atoms with van der Waals surface area (Å²) in [5.41, 5.74) is 1.05. The molecule has 0 heterocycles. The van der Waals surface area contributed by atoms with E-state index >= 15 is 0 Å². The number of halogens is 3. The van der Waals surface area contributed by atoms with Crippen LogP contribution in [0.4, 0.5) is 13.2 Å². The largest absolute Gasteiger partial charge is 0.414 e. The van der Waals surface area contributed by atoms with Gasteiger partial charge in [-0.15, -0.1) is 0 Å². The van der Waals surface area contributed by atoms with Crippen LogP contribution in [0.1, 0.15) is 37.2 Å². The summed E-state index contributed by atoms with van der Waals surface area (Å²) in [5.74, 6) is -0.773. The molecule has 1 aromatic rings. The monoisotopic (exact) mass is 286 g/mol. The second-order valence-corrected chi connectivity index (χ2v) is 5.34. The van der Waals surface area contributed by atoms with Crippen LogP contribution in [0.5, 0.6) is 0 Å². The molecule has 110 valence electrons. The van der Waals surface area contributed by atoms with Gasteiger partial charge in [-0.05, 0) is 30.7 Å². The molecule has 0 aliphatic heterocycles. The molecule has 0 aromatic heterocycles. The molecule has 5 heteroatoms. The quantitative estimate of drug-likeness (QED) is 0.924. The third-order valence-corrected chi connectivity index (χ3v) is 3.92. The predicted molar refractivity (Wildman–Crippen MR) is 68.2 cm³/mol. The van der Waals surface area contributed by atoms with Crippen molar-refractivity contribution in [2.24, 2.45) is 5.92 Å². The second kappa shape index (κ2) is 5.95. The molecule has 0 saturated heterocycles. The summed E-state index contributed by atoms with van der Waals surface area (Å²) in [7, 11) is 0. The predicted octanol–water partition coefficient (Wildman–Crippen LogP) is 3.45. The Balaban J connectivity index is 2.04. The van der Waals surface area contributed by atoms with E-state index in [4.69, 9.17) is 5.11 Å².